The first-order chi connectivity index (χ1) is 9.04. The van der Waals surface area contributed by atoms with Gasteiger partial charge in [-0.2, -0.15) is 0 Å². The summed E-state index contributed by atoms with van der Waals surface area (Å²) in [5.41, 5.74) is -1.15. The SMILES string of the molecule is CCNc1cc(NCC(C)(O)CO)nc(C2CC2)n1. The highest BCUT2D eigenvalue weighted by atomic mass is 16.3. The molecule has 0 saturated heterocycles. The van der Waals surface area contributed by atoms with Gasteiger partial charge in [0.1, 0.15) is 23.1 Å². The van der Waals surface area contributed by atoms with Gasteiger partial charge in [-0.05, 0) is 26.7 Å². The second-order valence-corrected chi connectivity index (χ2v) is 5.31. The van der Waals surface area contributed by atoms with E-state index in [1.54, 1.807) is 6.92 Å². The van der Waals surface area contributed by atoms with Crippen molar-refractivity contribution in [2.75, 3.05) is 30.3 Å². The molecule has 1 aliphatic rings. The molecular weight excluding hydrogens is 244 g/mol. The van der Waals surface area contributed by atoms with Gasteiger partial charge in [0.25, 0.3) is 0 Å². The number of anilines is 2. The largest absolute Gasteiger partial charge is 0.393 e. The van der Waals surface area contributed by atoms with E-state index in [0.717, 1.165) is 31.0 Å². The maximum Gasteiger partial charge on any atom is 0.136 e. The van der Waals surface area contributed by atoms with Crippen molar-refractivity contribution in [2.24, 2.45) is 0 Å². The third-order valence-corrected chi connectivity index (χ3v) is 3.03. The summed E-state index contributed by atoms with van der Waals surface area (Å²) >= 11 is 0. The van der Waals surface area contributed by atoms with Gasteiger partial charge in [0.15, 0.2) is 0 Å². The molecule has 106 valence electrons. The van der Waals surface area contributed by atoms with Crippen molar-refractivity contribution in [3.05, 3.63) is 11.9 Å². The Balaban J connectivity index is 2.09. The van der Waals surface area contributed by atoms with Gasteiger partial charge >= 0.3 is 0 Å². The van der Waals surface area contributed by atoms with Gasteiger partial charge in [0.05, 0.1) is 6.61 Å². The van der Waals surface area contributed by atoms with Crippen LogP contribution in [-0.2, 0) is 0 Å². The lowest BCUT2D eigenvalue weighted by molar-refractivity contribution is 0.0131. The van der Waals surface area contributed by atoms with Crippen LogP contribution in [0.5, 0.6) is 0 Å². The lowest BCUT2D eigenvalue weighted by Crippen LogP contribution is -2.37. The summed E-state index contributed by atoms with van der Waals surface area (Å²) in [5, 5.41) is 25.0. The summed E-state index contributed by atoms with van der Waals surface area (Å²) in [6.45, 7) is 4.35. The molecule has 0 aromatic carbocycles. The normalized spacial score (nSPS) is 17.9. The van der Waals surface area contributed by atoms with E-state index >= 15 is 0 Å². The minimum Gasteiger partial charge on any atom is -0.393 e. The second-order valence-electron chi connectivity index (χ2n) is 5.31. The summed E-state index contributed by atoms with van der Waals surface area (Å²) < 4.78 is 0. The molecule has 0 bridgehead atoms. The number of aliphatic hydroxyl groups excluding tert-OH is 1. The number of nitrogens with zero attached hydrogens (tertiary/aromatic N) is 2. The van der Waals surface area contributed by atoms with Gasteiger partial charge in [-0.15, -0.1) is 0 Å². The van der Waals surface area contributed by atoms with Crippen molar-refractivity contribution in [1.82, 2.24) is 9.97 Å². The molecule has 6 nitrogen and oxygen atoms in total. The van der Waals surface area contributed by atoms with E-state index < -0.39 is 5.60 Å². The number of aromatic nitrogens is 2. The maximum atomic E-state index is 9.78. The van der Waals surface area contributed by atoms with Gasteiger partial charge in [0.2, 0.25) is 0 Å². The number of nitrogens with one attached hydrogen (secondary N) is 2. The molecule has 1 atom stereocenters. The lowest BCUT2D eigenvalue weighted by Gasteiger charge is -2.21. The van der Waals surface area contributed by atoms with Gasteiger partial charge in [0, 0.05) is 25.1 Å². The lowest BCUT2D eigenvalue weighted by atomic mass is 10.1. The standard InChI is InChI=1S/C13H22N4O2/c1-3-14-10-6-11(15-7-13(2,19)8-18)17-12(16-10)9-4-5-9/h6,9,18-19H,3-5,7-8H2,1-2H3,(H2,14,15,16,17). The zero-order chi connectivity index (χ0) is 13.9. The predicted molar refractivity (Wildman–Crippen MR) is 74.4 cm³/mol. The average Bonchev–Trinajstić information content (AvgIpc) is 3.21. The molecule has 0 radical (unpaired) electrons. The molecule has 2 rings (SSSR count). The molecule has 1 heterocycles. The number of aliphatic hydroxyl groups is 2. The molecule has 4 N–H and O–H groups in total. The highest BCUT2D eigenvalue weighted by molar-refractivity contribution is 5.48. The van der Waals surface area contributed by atoms with Crippen molar-refractivity contribution in [3.8, 4) is 0 Å². The fourth-order valence-electron chi connectivity index (χ4n) is 1.69. The molecule has 0 spiro atoms. The molecule has 1 unspecified atom stereocenters. The Labute approximate surface area is 113 Å². The van der Waals surface area contributed by atoms with Gasteiger partial charge in [-0.3, -0.25) is 0 Å². The predicted octanol–water partition coefficient (Wildman–Crippen LogP) is 0.941. The average molecular weight is 266 g/mol. The first-order valence-corrected chi connectivity index (χ1v) is 6.74. The van der Waals surface area contributed by atoms with Gasteiger partial charge in [-0.25, -0.2) is 9.97 Å². The third kappa shape index (κ3) is 4.04. The van der Waals surface area contributed by atoms with Crippen molar-refractivity contribution < 1.29 is 10.2 Å². The highest BCUT2D eigenvalue weighted by Crippen LogP contribution is 2.38. The summed E-state index contributed by atoms with van der Waals surface area (Å²) in [6.07, 6.45) is 2.28. The van der Waals surface area contributed by atoms with Gasteiger partial charge < -0.3 is 20.8 Å². The molecule has 6 heteroatoms. The van der Waals surface area contributed by atoms with Crippen LogP contribution < -0.4 is 10.6 Å². The van der Waals surface area contributed by atoms with Crippen molar-refractivity contribution in [1.29, 1.82) is 0 Å². The van der Waals surface area contributed by atoms with Crippen LogP contribution in [0, 0.1) is 0 Å². The van der Waals surface area contributed by atoms with Crippen molar-refractivity contribution in [2.45, 2.75) is 38.2 Å². The Morgan fingerprint density at radius 3 is 2.47 bits per heavy atom. The van der Waals surface area contributed by atoms with E-state index in [-0.39, 0.29) is 13.2 Å². The van der Waals surface area contributed by atoms with Crippen molar-refractivity contribution >= 4 is 11.6 Å². The van der Waals surface area contributed by atoms with Crippen LogP contribution in [0.25, 0.3) is 0 Å². The Bertz CT molecular complexity index is 433. The van der Waals surface area contributed by atoms with E-state index in [4.69, 9.17) is 5.11 Å². The summed E-state index contributed by atoms with van der Waals surface area (Å²) in [5.74, 6) is 2.80. The van der Waals surface area contributed by atoms with E-state index in [9.17, 15) is 5.11 Å². The highest BCUT2D eigenvalue weighted by Gasteiger charge is 2.27. The first kappa shape index (κ1) is 14.0. The molecular formula is C13H22N4O2. The molecule has 1 aromatic heterocycles. The molecule has 0 aliphatic heterocycles. The number of hydrogen-bond donors (Lipinski definition) is 4. The van der Waals surface area contributed by atoms with Crippen LogP contribution in [0.2, 0.25) is 0 Å². The molecule has 19 heavy (non-hydrogen) atoms. The van der Waals surface area contributed by atoms with E-state index in [0.29, 0.717) is 11.7 Å². The van der Waals surface area contributed by atoms with Crippen LogP contribution in [-0.4, -0.2) is 45.5 Å². The van der Waals surface area contributed by atoms with Crippen LogP contribution in [0.4, 0.5) is 11.6 Å². The second kappa shape index (κ2) is 5.71. The first-order valence-electron chi connectivity index (χ1n) is 6.74. The van der Waals surface area contributed by atoms with Crippen LogP contribution in [0.1, 0.15) is 38.4 Å². The monoisotopic (exact) mass is 266 g/mol. The molecule has 1 aromatic rings. The maximum absolute atomic E-state index is 9.78. The minimum atomic E-state index is -1.15. The summed E-state index contributed by atoms with van der Waals surface area (Å²) in [6, 6.07) is 1.82. The van der Waals surface area contributed by atoms with Crippen LogP contribution >= 0.6 is 0 Å². The zero-order valence-electron chi connectivity index (χ0n) is 11.5. The van der Waals surface area contributed by atoms with Crippen LogP contribution in [0.3, 0.4) is 0 Å². The molecule has 1 fully saturated rings. The molecule has 0 amide bonds. The topological polar surface area (TPSA) is 90.3 Å². The Hall–Kier alpha value is -1.40. The fourth-order valence-corrected chi connectivity index (χ4v) is 1.69. The van der Waals surface area contributed by atoms with Crippen molar-refractivity contribution in [3.63, 3.8) is 0 Å². The smallest absolute Gasteiger partial charge is 0.136 e. The third-order valence-electron chi connectivity index (χ3n) is 3.03. The van der Waals surface area contributed by atoms with Crippen LogP contribution in [0.15, 0.2) is 6.07 Å². The fraction of sp³-hybridized carbons (Fsp3) is 0.692. The molecule has 1 aliphatic carbocycles. The Morgan fingerprint density at radius 1 is 1.32 bits per heavy atom. The van der Waals surface area contributed by atoms with Gasteiger partial charge in [-0.1, -0.05) is 0 Å². The van der Waals surface area contributed by atoms with E-state index in [1.807, 2.05) is 13.0 Å². The van der Waals surface area contributed by atoms with E-state index in [2.05, 4.69) is 20.6 Å². The minimum absolute atomic E-state index is 0.246. The number of rotatable bonds is 7. The van der Waals surface area contributed by atoms with E-state index in [1.165, 1.54) is 0 Å². The summed E-state index contributed by atoms with van der Waals surface area (Å²) in [7, 11) is 0. The zero-order valence-corrected chi connectivity index (χ0v) is 11.5. The Morgan fingerprint density at radius 2 is 1.95 bits per heavy atom. The number of hydrogen-bond acceptors (Lipinski definition) is 6. The Kier molecular flexibility index (Phi) is 4.21. The summed E-state index contributed by atoms with van der Waals surface area (Å²) in [4.78, 5) is 8.94. The quantitative estimate of drug-likeness (QED) is 0.587. The molecule has 1 saturated carbocycles.